The number of rotatable bonds is 13. The first-order valence-electron chi connectivity index (χ1n) is 12.2. The number of aromatic hydroxyl groups is 1. The fourth-order valence-electron chi connectivity index (χ4n) is 4.04. The van der Waals surface area contributed by atoms with Gasteiger partial charge in [-0.25, -0.2) is 14.2 Å². The van der Waals surface area contributed by atoms with Crippen LogP contribution in [-0.2, 0) is 36.4 Å². The van der Waals surface area contributed by atoms with Crippen LogP contribution in [0, 0.1) is 6.92 Å². The molecule has 0 aromatic heterocycles. The van der Waals surface area contributed by atoms with Gasteiger partial charge in [-0.05, 0) is 51.8 Å². The minimum atomic E-state index is -3.80. The number of carbonyl (C=O) groups excluding carboxylic acids is 2. The van der Waals surface area contributed by atoms with Crippen molar-refractivity contribution in [3.63, 3.8) is 0 Å². The van der Waals surface area contributed by atoms with E-state index >= 15 is 0 Å². The third-order valence-corrected chi connectivity index (χ3v) is 7.67. The number of methoxy groups -OCH3 is 1. The molecule has 1 unspecified atom stereocenters. The van der Waals surface area contributed by atoms with Crippen LogP contribution in [0.3, 0.4) is 0 Å². The van der Waals surface area contributed by atoms with Crippen LogP contribution in [0.15, 0.2) is 42.0 Å². The predicted molar refractivity (Wildman–Crippen MR) is 141 cm³/mol. The first-order valence-corrected chi connectivity index (χ1v) is 14.0. The minimum absolute atomic E-state index is 0.102. The van der Waals surface area contributed by atoms with Gasteiger partial charge in [0.05, 0.1) is 13.7 Å². The second kappa shape index (κ2) is 13.0. The summed E-state index contributed by atoms with van der Waals surface area (Å²) in [5.41, 5.74) is 2.89. The van der Waals surface area contributed by atoms with Crippen LogP contribution < -0.4 is 14.6 Å². The van der Waals surface area contributed by atoms with Crippen LogP contribution in [0.5, 0.6) is 17.2 Å². The average molecular weight is 548 g/mol. The van der Waals surface area contributed by atoms with E-state index in [0.29, 0.717) is 35.6 Å². The van der Waals surface area contributed by atoms with E-state index in [2.05, 4.69) is 5.32 Å². The lowest BCUT2D eigenvalue weighted by Crippen LogP contribution is -2.27. The van der Waals surface area contributed by atoms with Crippen LogP contribution in [0.25, 0.3) is 0 Å². The molecular weight excluding hydrogens is 513 g/mol. The van der Waals surface area contributed by atoms with Crippen molar-refractivity contribution in [1.29, 1.82) is 0 Å². The van der Waals surface area contributed by atoms with Gasteiger partial charge in [-0.1, -0.05) is 29.8 Å². The molecule has 1 heterocycles. The number of para-hydroxylation sites is 1. The first-order chi connectivity index (χ1) is 18.1. The average Bonchev–Trinajstić information content (AvgIpc) is 3.27. The van der Waals surface area contributed by atoms with Crippen LogP contribution >= 0.6 is 7.60 Å². The maximum atomic E-state index is 13.5. The molecule has 0 radical (unpaired) electrons. The number of phenols is 1. The highest BCUT2D eigenvalue weighted by molar-refractivity contribution is 7.54. The lowest BCUT2D eigenvalue weighted by molar-refractivity contribution is -0.150. The Labute approximate surface area is 222 Å². The zero-order chi connectivity index (χ0) is 27.9. The lowest BCUT2D eigenvalue weighted by Gasteiger charge is -2.22. The van der Waals surface area contributed by atoms with Gasteiger partial charge in [0.1, 0.15) is 35.7 Å². The van der Waals surface area contributed by atoms with E-state index < -0.39 is 25.6 Å². The Morgan fingerprint density at radius 2 is 2.00 bits per heavy atom. The van der Waals surface area contributed by atoms with E-state index in [1.807, 2.05) is 19.9 Å². The van der Waals surface area contributed by atoms with Crippen molar-refractivity contribution in [2.24, 2.45) is 0 Å². The fourth-order valence-corrected chi connectivity index (χ4v) is 5.62. The molecule has 0 saturated heterocycles. The highest BCUT2D eigenvalue weighted by atomic mass is 31.2. The molecule has 0 aliphatic carbocycles. The molecule has 0 saturated carbocycles. The van der Waals surface area contributed by atoms with Crippen molar-refractivity contribution in [3.05, 3.63) is 64.2 Å². The Morgan fingerprint density at radius 3 is 2.66 bits per heavy atom. The molecule has 3 rings (SSSR count). The smallest absolute Gasteiger partial charge is 0.393 e. The largest absolute Gasteiger partial charge is 0.507 e. The van der Waals surface area contributed by atoms with Crippen LogP contribution in [0.1, 0.15) is 47.8 Å². The summed E-state index contributed by atoms with van der Waals surface area (Å²) in [5, 5.41) is 13.8. The predicted octanol–water partition coefficient (Wildman–Crippen LogP) is 4.66. The van der Waals surface area contributed by atoms with E-state index in [9.17, 15) is 19.3 Å². The van der Waals surface area contributed by atoms with Gasteiger partial charge in [0.25, 0.3) is 0 Å². The molecule has 1 aliphatic heterocycles. The number of ether oxygens (including phenoxy) is 3. The standard InChI is InChI=1S/C27H34NO9P/c1-6-34-26(30)19(4)36-38(32,37-20-10-8-7-9-11-20)16-28-14-17(2)12-13-21-24(29)23-22(15-35-27(23)31)18(3)25(21)33-5/h7-12,19,28-29H,6,13-16H2,1-5H3/t19-,38?/m0/s1. The Balaban J connectivity index is 1.71. The zero-order valence-electron chi connectivity index (χ0n) is 22.2. The topological polar surface area (TPSA) is 130 Å². The van der Waals surface area contributed by atoms with E-state index in [-0.39, 0.29) is 30.8 Å². The molecule has 0 fully saturated rings. The molecule has 38 heavy (non-hydrogen) atoms. The Bertz CT molecular complexity index is 1240. The van der Waals surface area contributed by atoms with Crippen molar-refractivity contribution in [3.8, 4) is 17.2 Å². The van der Waals surface area contributed by atoms with Gasteiger partial charge in [0.15, 0.2) is 6.10 Å². The number of cyclic esters (lactones) is 1. The van der Waals surface area contributed by atoms with Crippen LogP contribution in [-0.4, -0.2) is 49.7 Å². The number of nitrogens with one attached hydrogen (secondary N) is 1. The number of esters is 2. The molecular formula is C27H34NO9P. The molecule has 0 amide bonds. The normalized spacial score (nSPS) is 15.3. The van der Waals surface area contributed by atoms with Gasteiger partial charge in [-0.2, -0.15) is 0 Å². The third-order valence-electron chi connectivity index (χ3n) is 5.94. The van der Waals surface area contributed by atoms with Crippen molar-refractivity contribution >= 4 is 19.5 Å². The molecule has 11 heteroatoms. The summed E-state index contributed by atoms with van der Waals surface area (Å²) in [7, 11) is -2.29. The molecule has 10 nitrogen and oxygen atoms in total. The summed E-state index contributed by atoms with van der Waals surface area (Å²) >= 11 is 0. The maximum Gasteiger partial charge on any atom is 0.393 e. The summed E-state index contributed by atoms with van der Waals surface area (Å²) in [6, 6.07) is 8.55. The van der Waals surface area contributed by atoms with Crippen molar-refractivity contribution in [1.82, 2.24) is 5.32 Å². The van der Waals surface area contributed by atoms with Crippen LogP contribution in [0.2, 0.25) is 0 Å². The summed E-state index contributed by atoms with van der Waals surface area (Å²) in [6.45, 7) is 7.40. The molecule has 2 aromatic carbocycles. The van der Waals surface area contributed by atoms with E-state index in [1.165, 1.54) is 14.0 Å². The molecule has 206 valence electrons. The number of benzene rings is 2. The van der Waals surface area contributed by atoms with Gasteiger partial charge in [-0.3, -0.25) is 4.52 Å². The number of allylic oxidation sites excluding steroid dienone is 1. The molecule has 2 atom stereocenters. The second-order valence-electron chi connectivity index (χ2n) is 8.77. The fraction of sp³-hybridized carbons (Fsp3) is 0.407. The Hall–Kier alpha value is -3.33. The zero-order valence-corrected chi connectivity index (χ0v) is 23.1. The van der Waals surface area contributed by atoms with Crippen LogP contribution in [0.4, 0.5) is 0 Å². The number of fused-ring (bicyclic) bond motifs is 1. The van der Waals surface area contributed by atoms with Gasteiger partial charge in [0.2, 0.25) is 0 Å². The molecule has 0 bridgehead atoms. The lowest BCUT2D eigenvalue weighted by atomic mass is 9.95. The van der Waals surface area contributed by atoms with E-state index in [0.717, 1.165) is 11.1 Å². The van der Waals surface area contributed by atoms with Gasteiger partial charge in [0, 0.05) is 17.7 Å². The third kappa shape index (κ3) is 6.95. The highest BCUT2D eigenvalue weighted by Crippen LogP contribution is 2.48. The molecule has 2 aromatic rings. The Morgan fingerprint density at radius 1 is 1.29 bits per heavy atom. The summed E-state index contributed by atoms with van der Waals surface area (Å²) < 4.78 is 40.4. The second-order valence-corrected chi connectivity index (χ2v) is 10.7. The number of hydrogen-bond acceptors (Lipinski definition) is 10. The van der Waals surface area contributed by atoms with Gasteiger partial charge in [-0.15, -0.1) is 0 Å². The van der Waals surface area contributed by atoms with E-state index in [4.69, 9.17) is 23.3 Å². The van der Waals surface area contributed by atoms with Gasteiger partial charge >= 0.3 is 19.5 Å². The van der Waals surface area contributed by atoms with Crippen molar-refractivity contribution in [2.45, 2.75) is 46.8 Å². The monoisotopic (exact) mass is 547 g/mol. The van der Waals surface area contributed by atoms with Gasteiger partial charge < -0.3 is 29.2 Å². The Kier molecular flexibility index (Phi) is 9.96. The molecule has 0 spiro atoms. The highest BCUT2D eigenvalue weighted by Gasteiger charge is 2.33. The first kappa shape index (κ1) is 29.2. The number of phenolic OH excluding ortho intramolecular Hbond substituents is 1. The number of carbonyl (C=O) groups is 2. The summed E-state index contributed by atoms with van der Waals surface area (Å²) in [5.74, 6) is -0.502. The SMILES string of the molecule is CCOC(=O)[C@H](C)OP(=O)(CNCC(C)=CCc1c(O)c2c(c(C)c1OC)COC2=O)Oc1ccccc1. The van der Waals surface area contributed by atoms with Crippen molar-refractivity contribution < 1.29 is 42.5 Å². The minimum Gasteiger partial charge on any atom is -0.507 e. The molecule has 2 N–H and O–H groups in total. The van der Waals surface area contributed by atoms with Crippen molar-refractivity contribution in [2.75, 3.05) is 26.5 Å². The quantitative estimate of drug-likeness (QED) is 0.208. The number of hydrogen-bond donors (Lipinski definition) is 2. The maximum absolute atomic E-state index is 13.5. The molecule has 1 aliphatic rings. The summed E-state index contributed by atoms with van der Waals surface area (Å²) in [4.78, 5) is 24.2. The van der Waals surface area contributed by atoms with E-state index in [1.54, 1.807) is 37.3 Å². The summed E-state index contributed by atoms with van der Waals surface area (Å²) in [6.07, 6.45) is 0.892.